The highest BCUT2D eigenvalue weighted by atomic mass is 16.3. The minimum Gasteiger partial charge on any atom is -0.461 e. The smallest absolute Gasteiger partial charge is 0.195 e. The predicted molar refractivity (Wildman–Crippen MR) is 53.1 cm³/mol. The Kier molecular flexibility index (Phi) is 2.19. The molecule has 0 aliphatic carbocycles. The second-order valence-corrected chi connectivity index (χ2v) is 4.12. The number of hydrogen-bond acceptors (Lipinski definition) is 3. The highest BCUT2D eigenvalue weighted by Crippen LogP contribution is 2.29. The first-order valence-electron chi connectivity index (χ1n) is 4.94. The number of hydrogen-bond donors (Lipinski definition) is 0. The van der Waals surface area contributed by atoms with E-state index in [1.165, 1.54) is 5.56 Å². The molecule has 0 amide bonds. The second kappa shape index (κ2) is 3.24. The van der Waals surface area contributed by atoms with Crippen molar-refractivity contribution in [2.45, 2.75) is 39.9 Å². The van der Waals surface area contributed by atoms with Gasteiger partial charge >= 0.3 is 0 Å². The minimum absolute atomic E-state index is 0.0249. The third kappa shape index (κ3) is 1.38. The number of ketones is 1. The van der Waals surface area contributed by atoms with Crippen LogP contribution in [0.25, 0.3) is 0 Å². The predicted octanol–water partition coefficient (Wildman–Crippen LogP) is 2.21. The van der Waals surface area contributed by atoms with Gasteiger partial charge in [-0.3, -0.25) is 9.69 Å². The molecule has 2 heterocycles. The first-order valence-corrected chi connectivity index (χ1v) is 4.94. The lowest BCUT2D eigenvalue weighted by atomic mass is 10.1. The van der Waals surface area contributed by atoms with Crippen molar-refractivity contribution < 1.29 is 9.21 Å². The number of fused-ring (bicyclic) bond motifs is 1. The summed E-state index contributed by atoms with van der Waals surface area (Å²) in [6.45, 7) is 7.63. The van der Waals surface area contributed by atoms with E-state index in [0.717, 1.165) is 18.7 Å². The monoisotopic (exact) mass is 193 g/mol. The van der Waals surface area contributed by atoms with E-state index in [1.807, 2.05) is 0 Å². The molecule has 3 heteroatoms. The summed E-state index contributed by atoms with van der Waals surface area (Å²) in [4.78, 5) is 13.6. The number of carbonyl (C=O) groups excluding carboxylic acids is 1. The summed E-state index contributed by atoms with van der Waals surface area (Å²) in [5.74, 6) is 0.569. The molecule has 0 unspecified atom stereocenters. The fourth-order valence-corrected chi connectivity index (χ4v) is 1.86. The average molecular weight is 193 g/mol. The molecular weight excluding hydrogens is 178 g/mol. The van der Waals surface area contributed by atoms with Crippen molar-refractivity contribution in [3.63, 3.8) is 0 Å². The molecule has 1 aromatic rings. The number of nitrogens with zero attached hydrogens (tertiary/aromatic N) is 1. The molecule has 14 heavy (non-hydrogen) atoms. The molecular formula is C11H15NO2. The van der Waals surface area contributed by atoms with Gasteiger partial charge in [0.15, 0.2) is 11.5 Å². The first-order chi connectivity index (χ1) is 6.59. The molecule has 0 spiro atoms. The lowest BCUT2D eigenvalue weighted by molar-refractivity contribution is 0.0983. The normalized spacial score (nSPS) is 16.3. The SMILES string of the molecule is CC(=O)c1occ2c1CN(C(C)C)C2. The van der Waals surface area contributed by atoms with E-state index in [1.54, 1.807) is 13.2 Å². The average Bonchev–Trinajstić information content (AvgIpc) is 2.58. The van der Waals surface area contributed by atoms with Crippen LogP contribution in [0.5, 0.6) is 0 Å². The Labute approximate surface area is 83.7 Å². The van der Waals surface area contributed by atoms with Crippen molar-refractivity contribution in [2.24, 2.45) is 0 Å². The number of Topliss-reactive ketones (excluding diaryl/α,β-unsaturated/α-hetero) is 1. The van der Waals surface area contributed by atoms with Crippen LogP contribution in [-0.2, 0) is 13.1 Å². The van der Waals surface area contributed by atoms with E-state index < -0.39 is 0 Å². The molecule has 1 aliphatic rings. The van der Waals surface area contributed by atoms with Gasteiger partial charge in [0, 0.05) is 37.2 Å². The van der Waals surface area contributed by atoms with Crippen LogP contribution in [-0.4, -0.2) is 16.7 Å². The zero-order valence-corrected chi connectivity index (χ0v) is 8.83. The number of carbonyl (C=O) groups is 1. The molecule has 0 fully saturated rings. The Balaban J connectivity index is 2.28. The van der Waals surface area contributed by atoms with Gasteiger partial charge in [0.05, 0.1) is 6.26 Å². The maximum atomic E-state index is 11.2. The summed E-state index contributed by atoms with van der Waals surface area (Å²) in [5.41, 5.74) is 2.26. The quantitative estimate of drug-likeness (QED) is 0.675. The van der Waals surface area contributed by atoms with Crippen LogP contribution in [0.15, 0.2) is 10.7 Å². The number of furan rings is 1. The zero-order valence-electron chi connectivity index (χ0n) is 8.83. The van der Waals surface area contributed by atoms with Crippen molar-refractivity contribution in [2.75, 3.05) is 0 Å². The van der Waals surface area contributed by atoms with E-state index in [9.17, 15) is 4.79 Å². The minimum atomic E-state index is 0.0249. The van der Waals surface area contributed by atoms with Gasteiger partial charge in [-0.2, -0.15) is 0 Å². The third-order valence-corrected chi connectivity index (χ3v) is 2.77. The Hall–Kier alpha value is -1.09. The molecule has 0 bridgehead atoms. The van der Waals surface area contributed by atoms with Gasteiger partial charge in [-0.1, -0.05) is 0 Å². The summed E-state index contributed by atoms with van der Waals surface area (Å²) in [6.07, 6.45) is 1.72. The summed E-state index contributed by atoms with van der Waals surface area (Å²) < 4.78 is 5.25. The summed E-state index contributed by atoms with van der Waals surface area (Å²) in [6, 6.07) is 0.516. The van der Waals surface area contributed by atoms with Gasteiger partial charge in [-0.15, -0.1) is 0 Å². The maximum Gasteiger partial charge on any atom is 0.195 e. The van der Waals surface area contributed by atoms with Crippen molar-refractivity contribution in [1.29, 1.82) is 0 Å². The number of rotatable bonds is 2. The van der Waals surface area contributed by atoms with Gasteiger partial charge < -0.3 is 4.42 Å². The van der Waals surface area contributed by atoms with Gasteiger partial charge in [0.1, 0.15) is 0 Å². The molecule has 0 saturated heterocycles. The third-order valence-electron chi connectivity index (χ3n) is 2.77. The largest absolute Gasteiger partial charge is 0.461 e. The summed E-state index contributed by atoms with van der Waals surface area (Å²) in [7, 11) is 0. The van der Waals surface area contributed by atoms with Crippen molar-refractivity contribution in [3.05, 3.63) is 23.2 Å². The molecule has 1 aromatic heterocycles. The van der Waals surface area contributed by atoms with Crippen LogP contribution in [0, 0.1) is 0 Å². The summed E-state index contributed by atoms with van der Waals surface area (Å²) >= 11 is 0. The van der Waals surface area contributed by atoms with Crippen LogP contribution < -0.4 is 0 Å². The lowest BCUT2D eigenvalue weighted by Crippen LogP contribution is -2.24. The molecule has 3 nitrogen and oxygen atoms in total. The van der Waals surface area contributed by atoms with Crippen LogP contribution in [0.4, 0.5) is 0 Å². The Morgan fingerprint density at radius 2 is 2.21 bits per heavy atom. The highest BCUT2D eigenvalue weighted by molar-refractivity contribution is 5.93. The molecule has 1 aliphatic heterocycles. The first kappa shape index (κ1) is 9.46. The van der Waals surface area contributed by atoms with Crippen molar-refractivity contribution in [1.82, 2.24) is 4.90 Å². The van der Waals surface area contributed by atoms with Gasteiger partial charge in [-0.25, -0.2) is 0 Å². The molecule has 2 rings (SSSR count). The zero-order chi connectivity index (χ0) is 10.3. The fourth-order valence-electron chi connectivity index (χ4n) is 1.86. The van der Waals surface area contributed by atoms with Crippen LogP contribution >= 0.6 is 0 Å². The van der Waals surface area contributed by atoms with Gasteiger partial charge in [-0.05, 0) is 13.8 Å². The van der Waals surface area contributed by atoms with E-state index in [4.69, 9.17) is 4.42 Å². The fraction of sp³-hybridized carbons (Fsp3) is 0.545. The standard InChI is InChI=1S/C11H15NO2/c1-7(2)12-4-9-6-14-11(8(3)13)10(9)5-12/h6-7H,4-5H2,1-3H3. The maximum absolute atomic E-state index is 11.2. The molecule has 0 aromatic carbocycles. The van der Waals surface area contributed by atoms with Crippen LogP contribution in [0.2, 0.25) is 0 Å². The van der Waals surface area contributed by atoms with Gasteiger partial charge in [0.2, 0.25) is 0 Å². The highest BCUT2D eigenvalue weighted by Gasteiger charge is 2.27. The Bertz CT molecular complexity index is 365. The molecule has 0 N–H and O–H groups in total. The second-order valence-electron chi connectivity index (χ2n) is 4.12. The van der Waals surface area contributed by atoms with Crippen molar-refractivity contribution in [3.8, 4) is 0 Å². The van der Waals surface area contributed by atoms with Crippen LogP contribution in [0.1, 0.15) is 42.5 Å². The molecule has 0 radical (unpaired) electrons. The molecule has 0 saturated carbocycles. The Morgan fingerprint density at radius 1 is 1.50 bits per heavy atom. The summed E-state index contributed by atoms with van der Waals surface area (Å²) in [5, 5.41) is 0. The molecule has 76 valence electrons. The van der Waals surface area contributed by atoms with E-state index >= 15 is 0 Å². The lowest BCUT2D eigenvalue weighted by Gasteiger charge is -2.19. The van der Waals surface area contributed by atoms with Crippen LogP contribution in [0.3, 0.4) is 0 Å². The van der Waals surface area contributed by atoms with E-state index in [-0.39, 0.29) is 5.78 Å². The van der Waals surface area contributed by atoms with Crippen molar-refractivity contribution >= 4 is 5.78 Å². The molecule has 0 atom stereocenters. The topological polar surface area (TPSA) is 33.5 Å². The van der Waals surface area contributed by atoms with E-state index in [2.05, 4.69) is 18.7 Å². The Morgan fingerprint density at radius 3 is 2.79 bits per heavy atom. The van der Waals surface area contributed by atoms with E-state index in [0.29, 0.717) is 11.8 Å². The van der Waals surface area contributed by atoms with Gasteiger partial charge in [0.25, 0.3) is 0 Å².